The highest BCUT2D eigenvalue weighted by atomic mass is 16.5. The van der Waals surface area contributed by atoms with Gasteiger partial charge in [0.05, 0.1) is 7.11 Å². The summed E-state index contributed by atoms with van der Waals surface area (Å²) in [6.07, 6.45) is 0.788. The molecule has 0 unspecified atom stereocenters. The van der Waals surface area contributed by atoms with E-state index in [1.165, 1.54) is 0 Å². The highest BCUT2D eigenvalue weighted by molar-refractivity contribution is 5.97. The van der Waals surface area contributed by atoms with Crippen molar-refractivity contribution >= 4 is 16.8 Å². The van der Waals surface area contributed by atoms with Crippen molar-refractivity contribution in [2.24, 2.45) is 0 Å². The predicted molar refractivity (Wildman–Crippen MR) is 87.3 cm³/mol. The molecule has 0 saturated heterocycles. The lowest BCUT2D eigenvalue weighted by atomic mass is 10.1. The largest absolute Gasteiger partial charge is 0.497 e. The van der Waals surface area contributed by atoms with Gasteiger partial charge in [0, 0.05) is 17.4 Å². The van der Waals surface area contributed by atoms with Gasteiger partial charge in [0.25, 0.3) is 5.91 Å². The molecule has 0 radical (unpaired) electrons. The Balaban J connectivity index is 1.57. The number of benzene rings is 2. The molecular formula is C18H18N2O2. The SMILES string of the molecule is COc1ccc(CCNC(=O)c2cc3ccccc3[nH]2)cc1. The summed E-state index contributed by atoms with van der Waals surface area (Å²) >= 11 is 0. The third-order valence-corrected chi connectivity index (χ3v) is 3.63. The van der Waals surface area contributed by atoms with Gasteiger partial charge in [0.2, 0.25) is 0 Å². The minimum Gasteiger partial charge on any atom is -0.497 e. The Labute approximate surface area is 129 Å². The van der Waals surface area contributed by atoms with E-state index in [1.54, 1.807) is 7.11 Å². The molecule has 0 spiro atoms. The number of amides is 1. The minimum atomic E-state index is -0.0790. The van der Waals surface area contributed by atoms with Crippen LogP contribution in [0.2, 0.25) is 0 Å². The number of nitrogens with one attached hydrogen (secondary N) is 2. The average Bonchev–Trinajstić information content (AvgIpc) is 2.99. The van der Waals surface area contributed by atoms with Crippen molar-refractivity contribution in [1.82, 2.24) is 10.3 Å². The minimum absolute atomic E-state index is 0.0790. The van der Waals surface area contributed by atoms with E-state index >= 15 is 0 Å². The first-order valence-electron chi connectivity index (χ1n) is 7.25. The van der Waals surface area contributed by atoms with Gasteiger partial charge >= 0.3 is 0 Å². The quantitative estimate of drug-likeness (QED) is 0.759. The Morgan fingerprint density at radius 2 is 1.91 bits per heavy atom. The van der Waals surface area contributed by atoms with Crippen LogP contribution in [0.25, 0.3) is 10.9 Å². The molecular weight excluding hydrogens is 276 g/mol. The van der Waals surface area contributed by atoms with Gasteiger partial charge in [-0.25, -0.2) is 0 Å². The summed E-state index contributed by atoms with van der Waals surface area (Å²) in [6, 6.07) is 17.6. The van der Waals surface area contributed by atoms with E-state index in [4.69, 9.17) is 4.74 Å². The first kappa shape index (κ1) is 14.2. The number of carbonyl (C=O) groups excluding carboxylic acids is 1. The molecule has 2 aromatic carbocycles. The van der Waals surface area contributed by atoms with E-state index in [0.29, 0.717) is 12.2 Å². The number of aromatic amines is 1. The number of fused-ring (bicyclic) bond motifs is 1. The van der Waals surface area contributed by atoms with E-state index in [2.05, 4.69) is 10.3 Å². The van der Waals surface area contributed by atoms with Crippen LogP contribution < -0.4 is 10.1 Å². The Kier molecular flexibility index (Phi) is 4.10. The third kappa shape index (κ3) is 3.11. The summed E-state index contributed by atoms with van der Waals surface area (Å²) in [6.45, 7) is 0.598. The Bertz CT molecular complexity index is 742. The summed E-state index contributed by atoms with van der Waals surface area (Å²) in [5.41, 5.74) is 2.73. The lowest BCUT2D eigenvalue weighted by molar-refractivity contribution is 0.0950. The summed E-state index contributed by atoms with van der Waals surface area (Å²) in [5.74, 6) is 0.760. The van der Waals surface area contributed by atoms with Crippen molar-refractivity contribution in [2.75, 3.05) is 13.7 Å². The number of ether oxygens (including phenoxy) is 1. The first-order valence-corrected chi connectivity index (χ1v) is 7.25. The number of para-hydroxylation sites is 1. The van der Waals surface area contributed by atoms with E-state index < -0.39 is 0 Å². The molecule has 112 valence electrons. The van der Waals surface area contributed by atoms with Gasteiger partial charge in [-0.2, -0.15) is 0 Å². The maximum absolute atomic E-state index is 12.1. The lowest BCUT2D eigenvalue weighted by Crippen LogP contribution is -2.25. The molecule has 2 N–H and O–H groups in total. The van der Waals surface area contributed by atoms with E-state index in [9.17, 15) is 4.79 Å². The topological polar surface area (TPSA) is 54.1 Å². The molecule has 1 aromatic heterocycles. The van der Waals surface area contributed by atoms with Crippen molar-refractivity contribution in [1.29, 1.82) is 0 Å². The van der Waals surface area contributed by atoms with Crippen LogP contribution in [0.1, 0.15) is 16.1 Å². The molecule has 0 saturated carbocycles. The molecule has 3 aromatic rings. The van der Waals surface area contributed by atoms with Crippen LogP contribution in [-0.2, 0) is 6.42 Å². The molecule has 22 heavy (non-hydrogen) atoms. The number of rotatable bonds is 5. The standard InChI is InChI=1S/C18H18N2O2/c1-22-15-8-6-13(7-9-15)10-11-19-18(21)17-12-14-4-2-3-5-16(14)20-17/h2-9,12,20H,10-11H2,1H3,(H,19,21). The van der Waals surface area contributed by atoms with Gasteiger partial charge < -0.3 is 15.0 Å². The Morgan fingerprint density at radius 1 is 1.14 bits per heavy atom. The van der Waals surface area contributed by atoms with Crippen molar-refractivity contribution in [3.63, 3.8) is 0 Å². The van der Waals surface area contributed by atoms with Crippen molar-refractivity contribution in [3.8, 4) is 5.75 Å². The molecule has 1 amide bonds. The summed E-state index contributed by atoms with van der Waals surface area (Å²) in [5, 5.41) is 3.98. The molecule has 0 bridgehead atoms. The molecule has 0 aliphatic carbocycles. The fourth-order valence-electron chi connectivity index (χ4n) is 2.40. The maximum atomic E-state index is 12.1. The normalized spacial score (nSPS) is 10.6. The van der Waals surface area contributed by atoms with Crippen LogP contribution in [0.15, 0.2) is 54.6 Å². The Morgan fingerprint density at radius 3 is 2.64 bits per heavy atom. The number of hydrogen-bond donors (Lipinski definition) is 2. The molecule has 3 rings (SSSR count). The molecule has 0 atom stereocenters. The van der Waals surface area contributed by atoms with Gasteiger partial charge in [-0.05, 0) is 36.2 Å². The first-order chi connectivity index (χ1) is 10.8. The van der Waals surface area contributed by atoms with Gasteiger partial charge in [-0.1, -0.05) is 30.3 Å². The summed E-state index contributed by atoms with van der Waals surface area (Å²) in [7, 11) is 1.65. The second-order valence-corrected chi connectivity index (χ2v) is 5.12. The summed E-state index contributed by atoms with van der Waals surface area (Å²) in [4.78, 5) is 15.3. The molecule has 4 nitrogen and oxygen atoms in total. The molecule has 1 heterocycles. The molecule has 0 fully saturated rings. The second kappa shape index (κ2) is 6.35. The zero-order chi connectivity index (χ0) is 15.4. The number of aromatic nitrogens is 1. The fraction of sp³-hybridized carbons (Fsp3) is 0.167. The summed E-state index contributed by atoms with van der Waals surface area (Å²) < 4.78 is 5.12. The maximum Gasteiger partial charge on any atom is 0.267 e. The Hall–Kier alpha value is -2.75. The molecule has 4 heteroatoms. The molecule has 0 aliphatic heterocycles. The van der Waals surface area contributed by atoms with Gasteiger partial charge in [-0.3, -0.25) is 4.79 Å². The van der Waals surface area contributed by atoms with Crippen LogP contribution in [0.4, 0.5) is 0 Å². The molecule has 0 aliphatic rings. The van der Waals surface area contributed by atoms with Crippen LogP contribution >= 0.6 is 0 Å². The van der Waals surface area contributed by atoms with Crippen molar-refractivity contribution in [2.45, 2.75) is 6.42 Å². The fourth-order valence-corrected chi connectivity index (χ4v) is 2.40. The van der Waals surface area contributed by atoms with Crippen molar-refractivity contribution < 1.29 is 9.53 Å². The van der Waals surface area contributed by atoms with Gasteiger partial charge in [0.1, 0.15) is 11.4 Å². The van der Waals surface area contributed by atoms with Crippen LogP contribution in [-0.4, -0.2) is 24.5 Å². The van der Waals surface area contributed by atoms with Crippen LogP contribution in [0.5, 0.6) is 5.75 Å². The second-order valence-electron chi connectivity index (χ2n) is 5.12. The highest BCUT2D eigenvalue weighted by Crippen LogP contribution is 2.14. The van der Waals surface area contributed by atoms with E-state index in [1.807, 2.05) is 54.6 Å². The lowest BCUT2D eigenvalue weighted by Gasteiger charge is -2.05. The zero-order valence-electron chi connectivity index (χ0n) is 12.4. The van der Waals surface area contributed by atoms with Gasteiger partial charge in [-0.15, -0.1) is 0 Å². The van der Waals surface area contributed by atoms with Crippen LogP contribution in [0, 0.1) is 0 Å². The monoisotopic (exact) mass is 294 g/mol. The van der Waals surface area contributed by atoms with E-state index in [-0.39, 0.29) is 5.91 Å². The average molecular weight is 294 g/mol. The van der Waals surface area contributed by atoms with E-state index in [0.717, 1.165) is 28.6 Å². The zero-order valence-corrected chi connectivity index (χ0v) is 12.4. The highest BCUT2D eigenvalue weighted by Gasteiger charge is 2.08. The smallest absolute Gasteiger partial charge is 0.267 e. The predicted octanol–water partition coefficient (Wildman–Crippen LogP) is 3.15. The van der Waals surface area contributed by atoms with Crippen molar-refractivity contribution in [3.05, 3.63) is 65.9 Å². The number of hydrogen-bond acceptors (Lipinski definition) is 2. The number of methoxy groups -OCH3 is 1. The number of carbonyl (C=O) groups is 1. The van der Waals surface area contributed by atoms with Crippen LogP contribution in [0.3, 0.4) is 0 Å². The van der Waals surface area contributed by atoms with Gasteiger partial charge in [0.15, 0.2) is 0 Å². The number of H-pyrrole nitrogens is 1. The third-order valence-electron chi connectivity index (χ3n) is 3.63.